The van der Waals surface area contributed by atoms with E-state index >= 15 is 0 Å². The lowest BCUT2D eigenvalue weighted by Crippen LogP contribution is -1.89. The van der Waals surface area contributed by atoms with Crippen LogP contribution in [0.25, 0.3) is 86.9 Å². The van der Waals surface area contributed by atoms with Crippen LogP contribution in [-0.2, 0) is 0 Å². The molecule has 0 unspecified atom stereocenters. The molecular weight excluding hydrogens is 504 g/mol. The largest absolute Gasteiger partial charge is 0.0636 e. The molecule has 9 aromatic carbocycles. The molecule has 42 heavy (non-hydrogen) atoms. The highest BCUT2D eigenvalue weighted by Gasteiger charge is 2.15. The molecule has 0 aliphatic heterocycles. The van der Waals surface area contributed by atoms with Gasteiger partial charge in [-0.05, 0) is 99.0 Å². The van der Waals surface area contributed by atoms with Crippen molar-refractivity contribution in [1.82, 2.24) is 0 Å². The Labute approximate surface area is 280 Å². The van der Waals surface area contributed by atoms with Crippen LogP contribution >= 0.6 is 0 Å². The van der Waals surface area contributed by atoms with Crippen LogP contribution in [0.15, 0.2) is 157 Å². The summed E-state index contributed by atoms with van der Waals surface area (Å²) in [6.45, 7) is 0. The molecule has 0 aliphatic rings. The first-order valence-corrected chi connectivity index (χ1v) is 12.5. The fourth-order valence-corrected chi connectivity index (χ4v) is 5.19. The van der Waals surface area contributed by atoms with Crippen molar-refractivity contribution in [2.24, 2.45) is 0 Å². The minimum Gasteiger partial charge on any atom is -0.0616 e. The maximum absolute atomic E-state index is 9.65. The zero-order valence-electron chi connectivity index (χ0n) is 47.0. The molecule has 194 valence electrons. The van der Waals surface area contributed by atoms with E-state index in [9.17, 15) is 11.0 Å². The molecule has 0 amide bonds. The van der Waals surface area contributed by atoms with E-state index in [0.29, 0.717) is 0 Å². The van der Waals surface area contributed by atoms with E-state index in [1.807, 2.05) is 0 Å². The summed E-state index contributed by atoms with van der Waals surface area (Å²) in [6.07, 6.45) is 0. The minimum atomic E-state index is -1.08. The maximum atomic E-state index is 9.65. The van der Waals surface area contributed by atoms with Crippen molar-refractivity contribution < 1.29 is 35.6 Å². The summed E-state index contributed by atoms with van der Waals surface area (Å²) in [4.78, 5) is 0. The summed E-state index contributed by atoms with van der Waals surface area (Å²) in [5.74, 6) is 0. The Kier molecular flexibility index (Phi) is 1.99. The van der Waals surface area contributed by atoms with E-state index in [2.05, 4.69) is 0 Å². The molecule has 9 rings (SSSR count). The van der Waals surface area contributed by atoms with Crippen molar-refractivity contribution in [3.05, 3.63) is 157 Å². The van der Waals surface area contributed by atoms with E-state index in [1.54, 1.807) is 0 Å². The van der Waals surface area contributed by atoms with Crippen LogP contribution in [0.5, 0.6) is 0 Å². The van der Waals surface area contributed by atoms with Gasteiger partial charge in [-0.25, -0.2) is 0 Å². The highest BCUT2D eigenvalue weighted by molar-refractivity contribution is 6.21. The van der Waals surface area contributed by atoms with E-state index in [1.165, 1.54) is 0 Å². The van der Waals surface area contributed by atoms with E-state index in [4.69, 9.17) is 24.7 Å². The number of hydrogen-bond donors (Lipinski definition) is 0. The van der Waals surface area contributed by atoms with Crippen molar-refractivity contribution in [2.75, 3.05) is 0 Å². The third kappa shape index (κ3) is 3.42. The fraction of sp³-hybridized carbons (Fsp3) is 0. The summed E-state index contributed by atoms with van der Waals surface area (Å²) >= 11 is 0. The monoisotopic (exact) mass is 556 g/mol. The van der Waals surface area contributed by atoms with Crippen LogP contribution < -0.4 is 0 Å². The molecule has 0 aliphatic carbocycles. The maximum Gasteiger partial charge on any atom is 0.0636 e. The van der Waals surface area contributed by atoms with Gasteiger partial charge in [0.05, 0.1) is 35.6 Å². The van der Waals surface area contributed by atoms with Gasteiger partial charge in [0.1, 0.15) is 0 Å². The van der Waals surface area contributed by atoms with Gasteiger partial charge >= 0.3 is 0 Å². The Morgan fingerprint density at radius 1 is 0.262 bits per heavy atom. The molecule has 0 nitrogen and oxygen atoms in total. The van der Waals surface area contributed by atoms with Crippen molar-refractivity contribution >= 4 is 64.6 Å². The lowest BCUT2D eigenvalue weighted by atomic mass is 9.87. The van der Waals surface area contributed by atoms with Crippen LogP contribution in [0.4, 0.5) is 0 Å². The van der Waals surface area contributed by atoms with E-state index in [0.717, 1.165) is 0 Å². The lowest BCUT2D eigenvalue weighted by molar-refractivity contribution is 1.66. The first-order chi connectivity index (χ1) is 31.7. The molecule has 0 atom stereocenters. The third-order valence-electron chi connectivity index (χ3n) is 7.00. The van der Waals surface area contributed by atoms with Crippen LogP contribution in [0.1, 0.15) is 35.6 Å². The van der Waals surface area contributed by atoms with Crippen LogP contribution in [0.3, 0.4) is 0 Å². The van der Waals surface area contributed by atoms with Crippen LogP contribution in [-0.4, -0.2) is 0 Å². The summed E-state index contributed by atoms with van der Waals surface area (Å²) in [5, 5.41) is -7.01. The molecule has 0 heteroatoms. The second-order valence-corrected chi connectivity index (χ2v) is 9.25. The topological polar surface area (TPSA) is 0 Å². The molecule has 0 saturated carbocycles. The molecule has 0 spiro atoms. The molecule has 0 aromatic heterocycles. The fourth-order valence-electron chi connectivity index (χ4n) is 5.19. The van der Waals surface area contributed by atoms with Gasteiger partial charge in [0.15, 0.2) is 0 Å². The number of fused-ring (bicyclic) bond motifs is 8. The Hall–Kier alpha value is -5.46. The molecule has 0 heterocycles. The average Bonchev–Trinajstić information content (AvgIpc) is 3.30. The Morgan fingerprint density at radius 2 is 0.619 bits per heavy atom. The first kappa shape index (κ1) is 9.28. The number of hydrogen-bond acceptors (Lipinski definition) is 0. The predicted octanol–water partition coefficient (Wildman–Crippen LogP) is 11.9. The van der Waals surface area contributed by atoms with Gasteiger partial charge in [0.25, 0.3) is 0 Å². The highest BCUT2D eigenvalue weighted by Crippen LogP contribution is 2.42. The molecule has 0 saturated heterocycles. The van der Waals surface area contributed by atoms with Gasteiger partial charge in [-0.2, -0.15) is 0 Å². The second kappa shape index (κ2) is 9.03. The normalized spacial score (nSPS) is 20.5. The summed E-state index contributed by atoms with van der Waals surface area (Å²) in [6, 6.07) is -22.9. The highest BCUT2D eigenvalue weighted by atomic mass is 14.2. The van der Waals surface area contributed by atoms with Gasteiger partial charge in [-0.15, -0.1) is 0 Å². The summed E-state index contributed by atoms with van der Waals surface area (Å²) < 4.78 is 233. The van der Waals surface area contributed by atoms with Crippen LogP contribution in [0, 0.1) is 0 Å². The summed E-state index contributed by atoms with van der Waals surface area (Å²) in [5.41, 5.74) is -3.00. The quantitative estimate of drug-likeness (QED) is 0.147. The standard InChI is InChI=1S/C42H26/c1-5-13-33-27(9-1)21-23-37-39(33)25-31-11-3-7-15-35(31)41(37)29-17-19-30(20-18-29)42-36-16-8-4-12-32(36)26-40-34-14-6-2-10-28(34)22-24-38(40)42/h1-26H/i1D,2D,3D,4D,5D,6D,7D,8D,9D,10D,11D,12D,13D,14D,15D,16D,17D,18D,19D,20D,21D,22D,23D,24D,25D,26D. The van der Waals surface area contributed by atoms with E-state index in [-0.39, 0.29) is 0 Å². The van der Waals surface area contributed by atoms with Crippen molar-refractivity contribution in [3.63, 3.8) is 0 Å². The lowest BCUT2D eigenvalue weighted by Gasteiger charge is -2.16. The Balaban J connectivity index is 1.60. The van der Waals surface area contributed by atoms with Gasteiger partial charge in [-0.1, -0.05) is 145 Å². The molecule has 0 fully saturated rings. The zero-order valence-corrected chi connectivity index (χ0v) is 21.0. The molecular formula is C42H26. The smallest absolute Gasteiger partial charge is 0.0616 e. The number of benzene rings is 9. The molecule has 9 aromatic rings. The van der Waals surface area contributed by atoms with E-state index < -0.39 is 244 Å². The van der Waals surface area contributed by atoms with Crippen LogP contribution in [0.2, 0.25) is 0 Å². The van der Waals surface area contributed by atoms with Crippen molar-refractivity contribution in [1.29, 1.82) is 0 Å². The van der Waals surface area contributed by atoms with Gasteiger partial charge in [0.2, 0.25) is 0 Å². The van der Waals surface area contributed by atoms with Gasteiger partial charge in [-0.3, -0.25) is 0 Å². The molecule has 0 N–H and O–H groups in total. The zero-order chi connectivity index (χ0) is 50.2. The SMILES string of the molecule is [2H]c1c([2H])c(-c2c3c([2H])c([2H])c([2H])c([2H])c3c([2H])c3c2c([2H])c([2H])c2c([2H])c([2H])c([2H])c([2H])c23)c([2H])c([2H])c1-c1c2c([2H])c([2H])c([2H])c([2H])c2c([2H])c2c1c([2H])c([2H])c1c([2H])c([2H])c([2H])c([2H])c12. The number of rotatable bonds is 2. The van der Waals surface area contributed by atoms with Gasteiger partial charge in [0, 0.05) is 0 Å². The third-order valence-corrected chi connectivity index (χ3v) is 7.00. The summed E-state index contributed by atoms with van der Waals surface area (Å²) in [7, 11) is 0. The van der Waals surface area contributed by atoms with Crippen molar-refractivity contribution in [2.45, 2.75) is 0 Å². The molecule has 0 bridgehead atoms. The average molecular weight is 557 g/mol. The van der Waals surface area contributed by atoms with Crippen molar-refractivity contribution in [3.8, 4) is 22.3 Å². The second-order valence-electron chi connectivity index (χ2n) is 9.25. The molecule has 0 radical (unpaired) electrons. The minimum absolute atomic E-state index is 0.527. The predicted molar refractivity (Wildman–Crippen MR) is 182 cm³/mol. The first-order valence-electron chi connectivity index (χ1n) is 25.5. The van der Waals surface area contributed by atoms with Gasteiger partial charge < -0.3 is 0 Å². The Morgan fingerprint density at radius 3 is 1.05 bits per heavy atom. The Bertz CT molecular complexity index is 3680.